The third-order valence-corrected chi connectivity index (χ3v) is 5.54. The fourth-order valence-electron chi connectivity index (χ4n) is 2.23. The number of aliphatic hydroxyl groups excluding tert-OH is 1. The number of sulfonamides is 1. The fraction of sp³-hybridized carbons (Fsp3) is 0.167. The fourth-order valence-corrected chi connectivity index (χ4v) is 3.86. The summed E-state index contributed by atoms with van der Waals surface area (Å²) in [5, 5.41) is 9.55. The Kier molecular flexibility index (Phi) is 6.40. The summed E-state index contributed by atoms with van der Waals surface area (Å²) >= 11 is 3.11. The van der Waals surface area contributed by atoms with E-state index >= 15 is 0 Å². The van der Waals surface area contributed by atoms with Crippen molar-refractivity contribution in [3.05, 3.63) is 76.5 Å². The molecule has 2 rings (SSSR count). The normalized spacial score (nSPS) is 10.8. The highest BCUT2D eigenvalue weighted by Crippen LogP contribution is 2.27. The van der Waals surface area contributed by atoms with Gasteiger partial charge in [-0.1, -0.05) is 51.8 Å². The first-order valence-electron chi connectivity index (χ1n) is 7.28. The Hall–Kier alpha value is -1.85. The maximum Gasteiger partial charge on any atom is 0.264 e. The monoisotopic (exact) mass is 407 g/mol. The summed E-state index contributed by atoms with van der Waals surface area (Å²) in [6.45, 7) is 1.77. The second-order valence-corrected chi connectivity index (χ2v) is 7.44. The van der Waals surface area contributed by atoms with Crippen molar-refractivity contribution in [2.75, 3.05) is 10.8 Å². The zero-order chi connectivity index (χ0) is 17.6. The molecule has 24 heavy (non-hydrogen) atoms. The van der Waals surface area contributed by atoms with E-state index in [-0.39, 0.29) is 18.0 Å². The molecule has 0 bridgehead atoms. The molecule has 2 aromatic carbocycles. The van der Waals surface area contributed by atoms with Crippen LogP contribution in [0.3, 0.4) is 0 Å². The number of rotatable bonds is 6. The molecule has 0 unspecified atom stereocenters. The quantitative estimate of drug-likeness (QED) is 0.741. The Bertz CT molecular complexity index is 854. The predicted octanol–water partition coefficient (Wildman–Crippen LogP) is 3.75. The molecule has 0 saturated heterocycles. The molecule has 0 aromatic heterocycles. The van der Waals surface area contributed by atoms with E-state index in [1.54, 1.807) is 54.6 Å². The van der Waals surface area contributed by atoms with Gasteiger partial charge in [0.1, 0.15) is 0 Å². The Labute approximate surface area is 150 Å². The van der Waals surface area contributed by atoms with Gasteiger partial charge in [0.05, 0.1) is 23.7 Å². The van der Waals surface area contributed by atoms with Crippen molar-refractivity contribution in [2.24, 2.45) is 0 Å². The molecule has 0 aliphatic heterocycles. The molecular weight excluding hydrogens is 390 g/mol. The SMILES string of the molecule is Cc1ccc(S(=O)(=O)N(CC=C=CBr)c2ccccc2CO)cc1. The van der Waals surface area contributed by atoms with Gasteiger partial charge >= 0.3 is 0 Å². The van der Waals surface area contributed by atoms with Crippen molar-refractivity contribution in [3.8, 4) is 0 Å². The summed E-state index contributed by atoms with van der Waals surface area (Å²) in [6.07, 6.45) is 1.61. The van der Waals surface area contributed by atoms with Crippen LogP contribution in [-0.4, -0.2) is 20.1 Å². The predicted molar refractivity (Wildman–Crippen MR) is 99.7 cm³/mol. The smallest absolute Gasteiger partial charge is 0.264 e. The molecule has 0 radical (unpaired) electrons. The minimum absolute atomic E-state index is 0.106. The average Bonchev–Trinajstić information content (AvgIpc) is 2.59. The maximum atomic E-state index is 13.1. The van der Waals surface area contributed by atoms with Crippen LogP contribution >= 0.6 is 15.9 Å². The van der Waals surface area contributed by atoms with Gasteiger partial charge in [0.25, 0.3) is 10.0 Å². The molecule has 0 spiro atoms. The van der Waals surface area contributed by atoms with E-state index in [0.29, 0.717) is 11.3 Å². The van der Waals surface area contributed by atoms with Crippen LogP contribution in [0.1, 0.15) is 11.1 Å². The number of aliphatic hydroxyl groups is 1. The van der Waals surface area contributed by atoms with Crippen molar-refractivity contribution in [3.63, 3.8) is 0 Å². The number of nitrogens with zero attached hydrogens (tertiary/aromatic N) is 1. The van der Waals surface area contributed by atoms with Gasteiger partial charge in [0.2, 0.25) is 0 Å². The van der Waals surface area contributed by atoms with E-state index in [2.05, 4.69) is 21.7 Å². The van der Waals surface area contributed by atoms with Gasteiger partial charge in [-0.05, 0) is 31.2 Å². The molecule has 0 fully saturated rings. The lowest BCUT2D eigenvalue weighted by Gasteiger charge is -2.25. The molecule has 0 heterocycles. The van der Waals surface area contributed by atoms with E-state index in [1.807, 2.05) is 6.92 Å². The number of anilines is 1. The number of hydrogen-bond donors (Lipinski definition) is 1. The first-order valence-corrected chi connectivity index (χ1v) is 9.64. The number of halogens is 1. The van der Waals surface area contributed by atoms with Gasteiger partial charge in [-0.2, -0.15) is 0 Å². The second-order valence-electron chi connectivity index (χ2n) is 5.12. The lowest BCUT2D eigenvalue weighted by molar-refractivity contribution is 0.282. The van der Waals surface area contributed by atoms with Crippen LogP contribution in [-0.2, 0) is 16.6 Å². The molecule has 126 valence electrons. The molecule has 6 heteroatoms. The second kappa shape index (κ2) is 8.31. The Morgan fingerprint density at radius 2 is 1.83 bits per heavy atom. The Balaban J connectivity index is 2.57. The third kappa shape index (κ3) is 4.16. The van der Waals surface area contributed by atoms with Gasteiger partial charge in [-0.3, -0.25) is 4.31 Å². The molecule has 0 atom stereocenters. The van der Waals surface area contributed by atoms with Crippen LogP contribution in [0.2, 0.25) is 0 Å². The summed E-state index contributed by atoms with van der Waals surface area (Å²) in [4.78, 5) is 1.74. The summed E-state index contributed by atoms with van der Waals surface area (Å²) in [7, 11) is -3.76. The van der Waals surface area contributed by atoms with Gasteiger partial charge in [0, 0.05) is 10.5 Å². The summed E-state index contributed by atoms with van der Waals surface area (Å²) < 4.78 is 27.4. The maximum absolute atomic E-state index is 13.1. The van der Waals surface area contributed by atoms with E-state index in [0.717, 1.165) is 5.56 Å². The van der Waals surface area contributed by atoms with Gasteiger partial charge in [0.15, 0.2) is 0 Å². The average molecular weight is 408 g/mol. The molecule has 4 nitrogen and oxygen atoms in total. The van der Waals surface area contributed by atoms with Crippen LogP contribution in [0, 0.1) is 6.92 Å². The van der Waals surface area contributed by atoms with Gasteiger partial charge < -0.3 is 5.11 Å². The Morgan fingerprint density at radius 1 is 1.17 bits per heavy atom. The molecule has 0 aliphatic carbocycles. The molecule has 1 N–H and O–H groups in total. The van der Waals surface area contributed by atoms with Gasteiger partial charge in [-0.15, -0.1) is 5.73 Å². The largest absolute Gasteiger partial charge is 0.392 e. The minimum Gasteiger partial charge on any atom is -0.392 e. The number of aryl methyl sites for hydroxylation is 1. The van der Waals surface area contributed by atoms with E-state index < -0.39 is 10.0 Å². The van der Waals surface area contributed by atoms with Crippen LogP contribution in [0.25, 0.3) is 0 Å². The minimum atomic E-state index is -3.76. The van der Waals surface area contributed by atoms with Crippen molar-refractivity contribution >= 4 is 31.6 Å². The topological polar surface area (TPSA) is 57.6 Å². The molecule has 0 amide bonds. The van der Waals surface area contributed by atoms with Crippen molar-refractivity contribution < 1.29 is 13.5 Å². The standard InChI is InChI=1S/C18H18BrNO3S/c1-15-8-10-17(11-9-15)24(22,23)20(13-5-4-12-19)18-7-3-2-6-16(18)14-21/h2-3,5-12,21H,13-14H2,1H3. The van der Waals surface area contributed by atoms with E-state index in [4.69, 9.17) is 0 Å². The van der Waals surface area contributed by atoms with E-state index in [9.17, 15) is 13.5 Å². The summed E-state index contributed by atoms with van der Waals surface area (Å²) in [5.74, 6) is 0. The zero-order valence-corrected chi connectivity index (χ0v) is 15.6. The zero-order valence-electron chi connectivity index (χ0n) is 13.2. The molecule has 0 saturated carbocycles. The number of para-hydroxylation sites is 1. The van der Waals surface area contributed by atoms with Crippen molar-refractivity contribution in [1.82, 2.24) is 0 Å². The van der Waals surface area contributed by atoms with Crippen molar-refractivity contribution in [2.45, 2.75) is 18.4 Å². The van der Waals surface area contributed by atoms with Crippen LogP contribution in [0.4, 0.5) is 5.69 Å². The first-order chi connectivity index (χ1) is 11.5. The molecule has 0 aliphatic rings. The van der Waals surface area contributed by atoms with Crippen molar-refractivity contribution in [1.29, 1.82) is 0 Å². The summed E-state index contributed by atoms with van der Waals surface area (Å²) in [6, 6.07) is 13.6. The highest BCUT2D eigenvalue weighted by Gasteiger charge is 2.25. The number of hydrogen-bond acceptors (Lipinski definition) is 3. The number of benzene rings is 2. The van der Waals surface area contributed by atoms with Crippen LogP contribution < -0.4 is 4.31 Å². The van der Waals surface area contributed by atoms with E-state index in [1.165, 1.54) is 9.29 Å². The molecule has 2 aromatic rings. The third-order valence-electron chi connectivity index (χ3n) is 3.48. The Morgan fingerprint density at radius 3 is 2.46 bits per heavy atom. The summed E-state index contributed by atoms with van der Waals surface area (Å²) in [5.41, 5.74) is 4.80. The highest BCUT2D eigenvalue weighted by molar-refractivity contribution is 9.11. The lowest BCUT2D eigenvalue weighted by Crippen LogP contribution is -2.32. The first kappa shape index (κ1) is 18.5. The van der Waals surface area contributed by atoms with Crippen LogP contribution in [0.15, 0.2) is 70.2 Å². The highest BCUT2D eigenvalue weighted by atomic mass is 79.9. The lowest BCUT2D eigenvalue weighted by atomic mass is 10.2. The molecular formula is C18H18BrNO3S. The van der Waals surface area contributed by atoms with Crippen LogP contribution in [0.5, 0.6) is 0 Å². The van der Waals surface area contributed by atoms with Gasteiger partial charge in [-0.25, -0.2) is 8.42 Å².